The summed E-state index contributed by atoms with van der Waals surface area (Å²) in [6.45, 7) is 0. The van der Waals surface area contributed by atoms with Crippen LogP contribution in [0.4, 0.5) is 11.4 Å². The molecule has 0 bridgehead atoms. The topological polar surface area (TPSA) is 138 Å². The Morgan fingerprint density at radius 1 is 0.380 bits per heavy atom. The summed E-state index contributed by atoms with van der Waals surface area (Å²) < 4.78 is 0. The third-order valence-electron chi connectivity index (χ3n) is 8.49. The first-order chi connectivity index (χ1) is 24.4. The molecule has 0 amide bonds. The molecule has 0 spiro atoms. The van der Waals surface area contributed by atoms with E-state index in [0.29, 0.717) is 22.8 Å². The van der Waals surface area contributed by atoms with Gasteiger partial charge in [0.15, 0.2) is 11.6 Å². The van der Waals surface area contributed by atoms with Crippen LogP contribution >= 0.6 is 0 Å². The summed E-state index contributed by atoms with van der Waals surface area (Å²) in [6, 6.07) is 44.3. The molecule has 2 heterocycles. The van der Waals surface area contributed by atoms with Crippen molar-refractivity contribution in [2.24, 2.45) is 0 Å². The number of nitrogens with zero attached hydrogens (tertiary/aromatic N) is 6. The van der Waals surface area contributed by atoms with E-state index in [0.717, 1.165) is 55.4 Å². The number of hydrogen-bond acceptors (Lipinski definition) is 8. The second-order valence-electron chi connectivity index (χ2n) is 11.6. The summed E-state index contributed by atoms with van der Waals surface area (Å²) in [5, 5.41) is 24.2. The predicted octanol–water partition coefficient (Wildman–Crippen LogP) is 9.72. The highest BCUT2D eigenvalue weighted by Gasteiger charge is 2.17. The van der Waals surface area contributed by atoms with E-state index in [4.69, 9.17) is 19.9 Å². The number of hydrogen-bond donors (Lipinski definition) is 0. The third-order valence-corrected chi connectivity index (χ3v) is 8.49. The minimum atomic E-state index is -0.429. The van der Waals surface area contributed by atoms with E-state index in [1.54, 1.807) is 24.3 Å². The summed E-state index contributed by atoms with van der Waals surface area (Å²) in [6.07, 6.45) is 0. The van der Waals surface area contributed by atoms with Gasteiger partial charge in [-0.1, -0.05) is 72.8 Å². The van der Waals surface area contributed by atoms with E-state index in [-0.39, 0.29) is 11.4 Å². The number of fused-ring (bicyclic) bond motifs is 2. The van der Waals surface area contributed by atoms with Gasteiger partial charge in [-0.2, -0.15) is 0 Å². The van der Waals surface area contributed by atoms with E-state index in [2.05, 4.69) is 12.1 Å². The highest BCUT2D eigenvalue weighted by atomic mass is 16.6. The molecular formula is C40H24N6O4. The van der Waals surface area contributed by atoms with Gasteiger partial charge in [0.1, 0.15) is 0 Å². The monoisotopic (exact) mass is 652 g/mol. The smallest absolute Gasteiger partial charge is 0.258 e. The van der Waals surface area contributed by atoms with Gasteiger partial charge in [0.2, 0.25) is 0 Å². The highest BCUT2D eigenvalue weighted by molar-refractivity contribution is 5.99. The molecule has 0 aliphatic rings. The molecule has 50 heavy (non-hydrogen) atoms. The van der Waals surface area contributed by atoms with Crippen molar-refractivity contribution in [2.45, 2.75) is 0 Å². The molecule has 0 fully saturated rings. The Bertz CT molecular complexity index is 2400. The molecule has 0 unspecified atom stereocenters. The van der Waals surface area contributed by atoms with Crippen LogP contribution in [0.25, 0.3) is 78.2 Å². The van der Waals surface area contributed by atoms with Crippen molar-refractivity contribution in [2.75, 3.05) is 0 Å². The van der Waals surface area contributed by atoms with E-state index in [9.17, 15) is 20.2 Å². The second-order valence-corrected chi connectivity index (χ2v) is 11.6. The molecule has 8 rings (SSSR count). The average Bonchev–Trinajstić information content (AvgIpc) is 3.17. The number of benzene rings is 6. The Hall–Kier alpha value is -7.20. The maximum Gasteiger partial charge on any atom is 0.269 e. The number of nitro benzene ring substituents is 2. The first kappa shape index (κ1) is 30.2. The summed E-state index contributed by atoms with van der Waals surface area (Å²) in [7, 11) is 0. The van der Waals surface area contributed by atoms with Crippen LogP contribution in [-0.2, 0) is 0 Å². The minimum Gasteiger partial charge on any atom is -0.258 e. The number of non-ortho nitro benzene ring substituents is 2. The van der Waals surface area contributed by atoms with Crippen LogP contribution in [0.3, 0.4) is 0 Å². The first-order valence-corrected chi connectivity index (χ1v) is 15.7. The van der Waals surface area contributed by atoms with Crippen molar-refractivity contribution in [3.05, 3.63) is 166 Å². The number of rotatable bonds is 7. The molecule has 0 N–H and O–H groups in total. The van der Waals surface area contributed by atoms with Crippen molar-refractivity contribution in [1.29, 1.82) is 0 Å². The zero-order chi connectivity index (χ0) is 34.2. The Morgan fingerprint density at radius 2 is 0.740 bits per heavy atom. The molecule has 0 aliphatic heterocycles. The van der Waals surface area contributed by atoms with Crippen LogP contribution in [0.15, 0.2) is 146 Å². The van der Waals surface area contributed by atoms with Crippen molar-refractivity contribution in [3.63, 3.8) is 0 Å². The maximum absolute atomic E-state index is 11.2. The van der Waals surface area contributed by atoms with Crippen molar-refractivity contribution in [3.8, 4) is 56.4 Å². The van der Waals surface area contributed by atoms with Gasteiger partial charge in [-0.05, 0) is 59.7 Å². The molecule has 6 aromatic carbocycles. The second kappa shape index (κ2) is 12.4. The summed E-state index contributed by atoms with van der Waals surface area (Å²) >= 11 is 0. The molecule has 10 heteroatoms. The molecule has 2 aromatic heterocycles. The third kappa shape index (κ3) is 5.67. The van der Waals surface area contributed by atoms with E-state index in [1.807, 2.05) is 84.9 Å². The van der Waals surface area contributed by atoms with E-state index in [1.165, 1.54) is 24.3 Å². The summed E-state index contributed by atoms with van der Waals surface area (Å²) in [4.78, 5) is 41.3. The molecule has 0 atom stereocenters. The lowest BCUT2D eigenvalue weighted by atomic mass is 9.97. The van der Waals surface area contributed by atoms with Crippen LogP contribution in [0.2, 0.25) is 0 Å². The highest BCUT2D eigenvalue weighted by Crippen LogP contribution is 2.36. The zero-order valence-corrected chi connectivity index (χ0v) is 26.2. The normalized spacial score (nSPS) is 11.1. The van der Waals surface area contributed by atoms with Gasteiger partial charge in [0.05, 0.1) is 32.3 Å². The molecule has 0 aliphatic carbocycles. The molecule has 0 radical (unpaired) electrons. The van der Waals surface area contributed by atoms with Gasteiger partial charge in [0.25, 0.3) is 11.4 Å². The van der Waals surface area contributed by atoms with Gasteiger partial charge in [-0.15, -0.1) is 0 Å². The van der Waals surface area contributed by atoms with Gasteiger partial charge in [-0.25, -0.2) is 19.9 Å². The number of nitro groups is 2. The molecule has 0 saturated carbocycles. The minimum absolute atomic E-state index is 0.00115. The van der Waals surface area contributed by atoms with Gasteiger partial charge < -0.3 is 0 Å². The quantitative estimate of drug-likeness (QED) is 0.122. The SMILES string of the molecule is O=[N+]([O-])c1ccc(-c2nc(-c3ccccc3)c3cc(-c4ccc5nc(-c6ccc([N+](=O)[O-])cc6)nc(-c6ccccc6)c5c4)ccc3n2)cc1. The fourth-order valence-corrected chi connectivity index (χ4v) is 5.97. The van der Waals surface area contributed by atoms with E-state index < -0.39 is 9.85 Å². The van der Waals surface area contributed by atoms with Crippen LogP contribution < -0.4 is 0 Å². The Morgan fingerprint density at radius 3 is 1.10 bits per heavy atom. The average molecular weight is 653 g/mol. The zero-order valence-electron chi connectivity index (χ0n) is 26.2. The van der Waals surface area contributed by atoms with Gasteiger partial charge in [-0.3, -0.25) is 20.2 Å². The van der Waals surface area contributed by atoms with E-state index >= 15 is 0 Å². The lowest BCUT2D eigenvalue weighted by Gasteiger charge is -2.13. The summed E-state index contributed by atoms with van der Waals surface area (Å²) in [5.41, 5.74) is 8.03. The Balaban J connectivity index is 1.27. The molecule has 238 valence electrons. The van der Waals surface area contributed by atoms with Crippen LogP contribution in [0.1, 0.15) is 0 Å². The fourth-order valence-electron chi connectivity index (χ4n) is 5.97. The van der Waals surface area contributed by atoms with Crippen LogP contribution in [0.5, 0.6) is 0 Å². The lowest BCUT2D eigenvalue weighted by Crippen LogP contribution is -1.97. The Labute approximate surface area is 284 Å². The molecule has 10 nitrogen and oxygen atoms in total. The molecule has 8 aromatic rings. The van der Waals surface area contributed by atoms with Crippen LogP contribution in [0, 0.1) is 20.2 Å². The fraction of sp³-hybridized carbons (Fsp3) is 0. The lowest BCUT2D eigenvalue weighted by molar-refractivity contribution is -0.385. The molecule has 0 saturated heterocycles. The Kier molecular flexibility index (Phi) is 7.50. The largest absolute Gasteiger partial charge is 0.269 e. The van der Waals surface area contributed by atoms with Gasteiger partial charge >= 0.3 is 0 Å². The van der Waals surface area contributed by atoms with Crippen LogP contribution in [-0.4, -0.2) is 29.8 Å². The molecular weight excluding hydrogens is 628 g/mol. The van der Waals surface area contributed by atoms with Crippen molar-refractivity contribution in [1.82, 2.24) is 19.9 Å². The number of aromatic nitrogens is 4. The predicted molar refractivity (Wildman–Crippen MR) is 193 cm³/mol. The van der Waals surface area contributed by atoms with Crippen molar-refractivity contribution >= 4 is 33.2 Å². The van der Waals surface area contributed by atoms with Crippen molar-refractivity contribution < 1.29 is 9.85 Å². The standard InChI is InChI=1S/C40H24N6O4/c47-45(48)31-17-11-27(12-18-31)39-41-35-21-15-29(23-33(35)37(43-39)25-7-3-1-4-8-25)30-16-22-36-34(24-30)38(26-9-5-2-6-10-26)44-40(42-36)28-13-19-32(20-14-28)46(49)50/h1-24H. The summed E-state index contributed by atoms with van der Waals surface area (Å²) in [5.74, 6) is 0.941. The maximum atomic E-state index is 11.2. The first-order valence-electron chi connectivity index (χ1n) is 15.7. The van der Waals surface area contributed by atoms with Gasteiger partial charge in [0, 0.05) is 57.3 Å².